The topological polar surface area (TPSA) is 105 Å². The third kappa shape index (κ3) is 4.69. The SMILES string of the molecule is COC(=O)CC[C@@H](C)[C@H]1CC[C@H]2[C@@H]3[C@H](OC(C)=O)C[C@@H]4C[C@@H](N)CC[C@]4(C)[C@H]3C[C@H](OC(C)=O)[C@]12C. The lowest BCUT2D eigenvalue weighted by molar-refractivity contribution is -0.220. The van der Waals surface area contributed by atoms with Gasteiger partial charge in [-0.15, -0.1) is 0 Å². The van der Waals surface area contributed by atoms with Crippen LogP contribution in [0.1, 0.15) is 92.4 Å². The van der Waals surface area contributed by atoms with E-state index in [-0.39, 0.29) is 52.9 Å². The lowest BCUT2D eigenvalue weighted by atomic mass is 9.43. The molecule has 204 valence electrons. The first-order valence-electron chi connectivity index (χ1n) is 14.1. The molecule has 0 amide bonds. The van der Waals surface area contributed by atoms with E-state index in [4.69, 9.17) is 19.9 Å². The summed E-state index contributed by atoms with van der Waals surface area (Å²) in [6.07, 6.45) is 7.63. The van der Waals surface area contributed by atoms with Crippen LogP contribution in [-0.4, -0.2) is 43.3 Å². The molecule has 4 aliphatic carbocycles. The molecule has 36 heavy (non-hydrogen) atoms. The van der Waals surface area contributed by atoms with E-state index in [0.29, 0.717) is 36.0 Å². The average molecular weight is 506 g/mol. The number of carbonyl (C=O) groups is 3. The molecule has 0 aliphatic heterocycles. The molecule has 4 aliphatic rings. The van der Waals surface area contributed by atoms with Gasteiger partial charge in [0.15, 0.2) is 0 Å². The summed E-state index contributed by atoms with van der Waals surface area (Å²) in [6.45, 7) is 9.99. The number of carbonyl (C=O) groups excluding carboxylic acids is 3. The summed E-state index contributed by atoms with van der Waals surface area (Å²) in [7, 11) is 1.43. The standard InChI is InChI=1S/C29H47NO6/c1-16(7-10-26(33)34-6)21-8-9-22-27-23(15-25(29(21,22)5)36-18(3)32)28(4)12-11-20(30)13-19(28)14-24(27)35-17(2)31/h16,19-25,27H,7-15,30H2,1-6H3/t16-,19+,20+,21-,22+,23+,24-,25+,27+,28+,29-/m1/s1. The number of nitrogens with two attached hydrogens (primary N) is 1. The average Bonchev–Trinajstić information content (AvgIpc) is 3.16. The van der Waals surface area contributed by atoms with Crippen molar-refractivity contribution in [3.63, 3.8) is 0 Å². The smallest absolute Gasteiger partial charge is 0.305 e. The minimum atomic E-state index is -0.231. The monoisotopic (exact) mass is 505 g/mol. The molecule has 7 nitrogen and oxygen atoms in total. The molecule has 4 rings (SSSR count). The Balaban J connectivity index is 1.71. The van der Waals surface area contributed by atoms with Gasteiger partial charge in [-0.05, 0) is 86.4 Å². The molecule has 0 aromatic heterocycles. The highest BCUT2D eigenvalue weighted by Gasteiger charge is 2.67. The van der Waals surface area contributed by atoms with Crippen LogP contribution in [0.4, 0.5) is 0 Å². The van der Waals surface area contributed by atoms with E-state index >= 15 is 0 Å². The van der Waals surface area contributed by atoms with Crippen molar-refractivity contribution in [2.24, 2.45) is 52.1 Å². The molecular weight excluding hydrogens is 458 g/mol. The minimum absolute atomic E-state index is 0.103. The molecule has 0 heterocycles. The summed E-state index contributed by atoms with van der Waals surface area (Å²) in [5.41, 5.74) is 6.29. The fourth-order valence-corrected chi connectivity index (χ4v) is 9.50. The number of rotatable bonds is 6. The van der Waals surface area contributed by atoms with Gasteiger partial charge in [0, 0.05) is 37.6 Å². The fraction of sp³-hybridized carbons (Fsp3) is 0.897. The van der Waals surface area contributed by atoms with Crippen LogP contribution in [-0.2, 0) is 28.6 Å². The van der Waals surface area contributed by atoms with Crippen LogP contribution in [0.25, 0.3) is 0 Å². The molecule has 11 atom stereocenters. The van der Waals surface area contributed by atoms with Crippen molar-refractivity contribution in [1.29, 1.82) is 0 Å². The highest BCUT2D eigenvalue weighted by Crippen LogP contribution is 2.69. The van der Waals surface area contributed by atoms with Crippen molar-refractivity contribution in [1.82, 2.24) is 0 Å². The van der Waals surface area contributed by atoms with Crippen molar-refractivity contribution in [3.8, 4) is 0 Å². The van der Waals surface area contributed by atoms with E-state index in [0.717, 1.165) is 51.4 Å². The van der Waals surface area contributed by atoms with E-state index in [2.05, 4.69) is 20.8 Å². The zero-order chi connectivity index (χ0) is 26.4. The maximum Gasteiger partial charge on any atom is 0.305 e. The number of ether oxygens (including phenoxy) is 3. The first-order chi connectivity index (χ1) is 16.9. The van der Waals surface area contributed by atoms with Gasteiger partial charge >= 0.3 is 17.9 Å². The maximum atomic E-state index is 12.4. The molecule has 0 spiro atoms. The zero-order valence-corrected chi connectivity index (χ0v) is 23.1. The Hall–Kier alpha value is -1.63. The molecule has 4 fully saturated rings. The van der Waals surface area contributed by atoms with Gasteiger partial charge in [-0.2, -0.15) is 0 Å². The Kier molecular flexibility index (Phi) is 7.81. The first-order valence-corrected chi connectivity index (χ1v) is 14.1. The van der Waals surface area contributed by atoms with Gasteiger partial charge in [0.25, 0.3) is 0 Å². The molecule has 7 heteroatoms. The molecule has 0 aromatic rings. The number of fused-ring (bicyclic) bond motifs is 5. The molecular formula is C29H47NO6. The fourth-order valence-electron chi connectivity index (χ4n) is 9.50. The molecule has 0 saturated heterocycles. The molecule has 2 N–H and O–H groups in total. The summed E-state index contributed by atoms with van der Waals surface area (Å²) in [6, 6.07) is 0.197. The first kappa shape index (κ1) is 27.4. The summed E-state index contributed by atoms with van der Waals surface area (Å²) in [5, 5.41) is 0. The van der Waals surface area contributed by atoms with Crippen LogP contribution in [0.5, 0.6) is 0 Å². The van der Waals surface area contributed by atoms with Crippen LogP contribution < -0.4 is 5.73 Å². The number of methoxy groups -OCH3 is 1. The number of hydrogen-bond acceptors (Lipinski definition) is 7. The summed E-state index contributed by atoms with van der Waals surface area (Å²) < 4.78 is 17.2. The second-order valence-corrected chi connectivity index (χ2v) is 12.9. The van der Waals surface area contributed by atoms with Crippen molar-refractivity contribution in [2.45, 2.75) is 111 Å². The third-order valence-corrected chi connectivity index (χ3v) is 11.2. The highest BCUT2D eigenvalue weighted by molar-refractivity contribution is 5.69. The van der Waals surface area contributed by atoms with Crippen molar-refractivity contribution in [2.75, 3.05) is 7.11 Å². The van der Waals surface area contributed by atoms with Crippen molar-refractivity contribution in [3.05, 3.63) is 0 Å². The summed E-state index contributed by atoms with van der Waals surface area (Å²) in [4.78, 5) is 36.5. The molecule has 0 unspecified atom stereocenters. The van der Waals surface area contributed by atoms with Gasteiger partial charge in [-0.1, -0.05) is 20.8 Å². The van der Waals surface area contributed by atoms with Gasteiger partial charge in [0.1, 0.15) is 12.2 Å². The lowest BCUT2D eigenvalue weighted by Crippen LogP contribution is -2.63. The van der Waals surface area contributed by atoms with Gasteiger partial charge in [-0.3, -0.25) is 14.4 Å². The Morgan fingerprint density at radius 3 is 2.31 bits per heavy atom. The highest BCUT2D eigenvalue weighted by atomic mass is 16.5. The third-order valence-electron chi connectivity index (χ3n) is 11.2. The second-order valence-electron chi connectivity index (χ2n) is 12.9. The largest absolute Gasteiger partial charge is 0.469 e. The van der Waals surface area contributed by atoms with Crippen LogP contribution in [0.2, 0.25) is 0 Å². The second kappa shape index (κ2) is 10.3. The van der Waals surface area contributed by atoms with E-state index in [1.165, 1.54) is 21.0 Å². The van der Waals surface area contributed by atoms with Crippen LogP contribution in [0.3, 0.4) is 0 Å². The zero-order valence-electron chi connectivity index (χ0n) is 23.1. The molecule has 0 radical (unpaired) electrons. The van der Waals surface area contributed by atoms with E-state index < -0.39 is 0 Å². The number of esters is 3. The minimum Gasteiger partial charge on any atom is -0.469 e. The predicted molar refractivity (Wildman–Crippen MR) is 135 cm³/mol. The molecule has 4 saturated carbocycles. The van der Waals surface area contributed by atoms with Crippen molar-refractivity contribution < 1.29 is 28.6 Å². The van der Waals surface area contributed by atoms with Crippen LogP contribution in [0.15, 0.2) is 0 Å². The Bertz CT molecular complexity index is 861. The Morgan fingerprint density at radius 2 is 1.67 bits per heavy atom. The van der Waals surface area contributed by atoms with E-state index in [1.54, 1.807) is 0 Å². The molecule has 0 aromatic carbocycles. The summed E-state index contributed by atoms with van der Waals surface area (Å²) in [5.74, 6) is 1.26. The van der Waals surface area contributed by atoms with E-state index in [9.17, 15) is 14.4 Å². The van der Waals surface area contributed by atoms with E-state index in [1.807, 2.05) is 0 Å². The van der Waals surface area contributed by atoms with Crippen molar-refractivity contribution >= 4 is 17.9 Å². The van der Waals surface area contributed by atoms with Gasteiger partial charge in [0.2, 0.25) is 0 Å². The number of hydrogen-bond donors (Lipinski definition) is 1. The van der Waals surface area contributed by atoms with Crippen LogP contribution >= 0.6 is 0 Å². The van der Waals surface area contributed by atoms with Gasteiger partial charge in [-0.25, -0.2) is 0 Å². The summed E-state index contributed by atoms with van der Waals surface area (Å²) >= 11 is 0. The Morgan fingerprint density at radius 1 is 0.972 bits per heavy atom. The van der Waals surface area contributed by atoms with Crippen LogP contribution in [0, 0.1) is 46.3 Å². The molecule has 0 bridgehead atoms. The predicted octanol–water partition coefficient (Wildman–Crippen LogP) is 4.65. The normalized spacial score (nSPS) is 44.4. The quantitative estimate of drug-likeness (QED) is 0.414. The Labute approximate surface area is 216 Å². The van der Waals surface area contributed by atoms with Gasteiger partial charge in [0.05, 0.1) is 7.11 Å². The maximum absolute atomic E-state index is 12.4. The van der Waals surface area contributed by atoms with Gasteiger partial charge < -0.3 is 19.9 Å². The lowest BCUT2D eigenvalue weighted by Gasteiger charge is -2.64.